The first-order chi connectivity index (χ1) is 10.4. The van der Waals surface area contributed by atoms with Crippen molar-refractivity contribution in [3.63, 3.8) is 0 Å². The predicted octanol–water partition coefficient (Wildman–Crippen LogP) is 2.58. The molecule has 1 aromatic carbocycles. The zero-order valence-corrected chi connectivity index (χ0v) is 12.8. The molecule has 2 atom stereocenters. The van der Waals surface area contributed by atoms with Crippen molar-refractivity contribution in [1.82, 2.24) is 5.32 Å². The molecule has 1 aliphatic carbocycles. The Morgan fingerprint density at radius 3 is 2.91 bits per heavy atom. The highest BCUT2D eigenvalue weighted by Gasteiger charge is 2.39. The van der Waals surface area contributed by atoms with Crippen LogP contribution in [-0.2, 0) is 0 Å². The van der Waals surface area contributed by atoms with Gasteiger partial charge in [-0.15, -0.1) is 0 Å². The third-order valence-corrected chi connectivity index (χ3v) is 4.41. The molecule has 1 aromatic rings. The van der Waals surface area contributed by atoms with E-state index in [-0.39, 0.29) is 23.8 Å². The summed E-state index contributed by atoms with van der Waals surface area (Å²) in [4.78, 5) is 22.5. The van der Waals surface area contributed by atoms with Crippen molar-refractivity contribution in [2.45, 2.75) is 39.2 Å². The van der Waals surface area contributed by atoms with E-state index in [9.17, 15) is 20.0 Å². The minimum atomic E-state index is -0.474. The number of carbonyl (C=O) groups excluding carboxylic acids is 1. The number of aliphatic hydroxyl groups excluding tert-OH is 1. The summed E-state index contributed by atoms with van der Waals surface area (Å²) in [6, 6.07) is 4.06. The first-order valence-corrected chi connectivity index (χ1v) is 7.29. The van der Waals surface area contributed by atoms with Gasteiger partial charge in [0.05, 0.1) is 11.5 Å². The van der Waals surface area contributed by atoms with Crippen molar-refractivity contribution in [3.05, 3.63) is 33.9 Å². The fraction of sp³-hybridized carbons (Fsp3) is 0.533. The van der Waals surface area contributed by atoms with Crippen LogP contribution in [0.1, 0.15) is 31.7 Å². The van der Waals surface area contributed by atoms with Crippen molar-refractivity contribution in [3.8, 4) is 0 Å². The summed E-state index contributed by atoms with van der Waals surface area (Å²) < 4.78 is 0. The first-order valence-electron chi connectivity index (χ1n) is 7.29. The molecule has 7 heteroatoms. The van der Waals surface area contributed by atoms with Crippen LogP contribution in [0.4, 0.5) is 16.2 Å². The molecule has 0 aromatic heterocycles. The van der Waals surface area contributed by atoms with Crippen molar-refractivity contribution in [1.29, 1.82) is 0 Å². The molecular formula is C15H21N3O4. The Labute approximate surface area is 128 Å². The molecule has 2 rings (SSSR count). The molecular weight excluding hydrogens is 286 g/mol. The van der Waals surface area contributed by atoms with Gasteiger partial charge in [0.15, 0.2) is 0 Å². The van der Waals surface area contributed by atoms with Crippen molar-refractivity contribution in [2.24, 2.45) is 5.41 Å². The van der Waals surface area contributed by atoms with Gasteiger partial charge in [-0.1, -0.05) is 19.4 Å². The van der Waals surface area contributed by atoms with E-state index in [1.807, 2.05) is 6.92 Å². The van der Waals surface area contributed by atoms with Gasteiger partial charge in [-0.3, -0.25) is 10.1 Å². The van der Waals surface area contributed by atoms with Gasteiger partial charge in [0.2, 0.25) is 0 Å². The highest BCUT2D eigenvalue weighted by molar-refractivity contribution is 5.90. The molecule has 2 amide bonds. The fourth-order valence-corrected chi connectivity index (χ4v) is 2.88. The Morgan fingerprint density at radius 1 is 1.55 bits per heavy atom. The molecule has 0 spiro atoms. The molecule has 3 N–H and O–H groups in total. The molecule has 1 saturated carbocycles. The SMILES string of the molecule is Cc1ccc(NC(=O)NC2CCCC2(C)CO)cc1[N+](=O)[O-]. The molecule has 1 fully saturated rings. The Balaban J connectivity index is 2.04. The van der Waals surface area contributed by atoms with Gasteiger partial charge in [0.1, 0.15) is 0 Å². The monoisotopic (exact) mass is 307 g/mol. The number of aliphatic hydroxyl groups is 1. The van der Waals surface area contributed by atoms with E-state index in [1.165, 1.54) is 6.07 Å². The lowest BCUT2D eigenvalue weighted by Gasteiger charge is -2.30. The van der Waals surface area contributed by atoms with Gasteiger partial charge in [-0.25, -0.2) is 4.79 Å². The van der Waals surface area contributed by atoms with Gasteiger partial charge in [-0.05, 0) is 25.8 Å². The summed E-state index contributed by atoms with van der Waals surface area (Å²) in [5.41, 5.74) is 0.577. The molecule has 0 radical (unpaired) electrons. The first kappa shape index (κ1) is 16.2. The standard InChI is InChI=1S/C15H21N3O4/c1-10-5-6-11(8-12(10)18(21)22)16-14(20)17-13-4-3-7-15(13,2)9-19/h5-6,8,13,19H,3-4,7,9H2,1-2H3,(H2,16,17,20). The number of carbonyl (C=O) groups is 1. The summed E-state index contributed by atoms with van der Waals surface area (Å²) >= 11 is 0. The number of amides is 2. The van der Waals surface area contributed by atoms with Gasteiger partial charge < -0.3 is 15.7 Å². The number of rotatable bonds is 4. The summed E-state index contributed by atoms with van der Waals surface area (Å²) in [6.07, 6.45) is 2.64. The van der Waals surface area contributed by atoms with Crippen LogP contribution in [0.5, 0.6) is 0 Å². The molecule has 2 unspecified atom stereocenters. The summed E-state index contributed by atoms with van der Waals surface area (Å²) in [5, 5.41) is 25.9. The lowest BCUT2D eigenvalue weighted by molar-refractivity contribution is -0.385. The molecule has 0 bridgehead atoms. The second kappa shape index (κ2) is 6.31. The second-order valence-electron chi connectivity index (χ2n) is 6.11. The van der Waals surface area contributed by atoms with Crippen LogP contribution in [0.15, 0.2) is 18.2 Å². The number of urea groups is 1. The molecule has 120 valence electrons. The van der Waals surface area contributed by atoms with E-state index in [1.54, 1.807) is 19.1 Å². The third kappa shape index (κ3) is 3.36. The lowest BCUT2D eigenvalue weighted by atomic mass is 9.86. The van der Waals surface area contributed by atoms with Gasteiger partial charge in [0, 0.05) is 28.8 Å². The number of aryl methyl sites for hydroxylation is 1. The highest BCUT2D eigenvalue weighted by Crippen LogP contribution is 2.37. The third-order valence-electron chi connectivity index (χ3n) is 4.41. The van der Waals surface area contributed by atoms with Gasteiger partial charge in [0.25, 0.3) is 5.69 Å². The second-order valence-corrected chi connectivity index (χ2v) is 6.11. The molecule has 0 aliphatic heterocycles. The minimum Gasteiger partial charge on any atom is -0.396 e. The number of nitro benzene ring substituents is 1. The zero-order valence-electron chi connectivity index (χ0n) is 12.8. The zero-order chi connectivity index (χ0) is 16.3. The Kier molecular flexibility index (Phi) is 4.65. The number of nitrogens with zero attached hydrogens (tertiary/aromatic N) is 1. The average Bonchev–Trinajstić information content (AvgIpc) is 2.82. The van der Waals surface area contributed by atoms with Crippen molar-refractivity contribution < 1.29 is 14.8 Å². The maximum Gasteiger partial charge on any atom is 0.319 e. The van der Waals surface area contributed by atoms with E-state index in [2.05, 4.69) is 10.6 Å². The summed E-state index contributed by atoms with van der Waals surface area (Å²) in [5.74, 6) is 0. The smallest absolute Gasteiger partial charge is 0.319 e. The van der Waals surface area contributed by atoms with Crippen LogP contribution >= 0.6 is 0 Å². The predicted molar refractivity (Wildman–Crippen MR) is 82.8 cm³/mol. The van der Waals surface area contributed by atoms with Crippen molar-refractivity contribution >= 4 is 17.4 Å². The number of hydrogen-bond acceptors (Lipinski definition) is 4. The molecule has 1 aliphatic rings. The number of nitrogens with one attached hydrogen (secondary N) is 2. The Hall–Kier alpha value is -2.15. The Bertz CT molecular complexity index is 590. The molecule has 0 saturated heterocycles. The van der Waals surface area contributed by atoms with E-state index < -0.39 is 11.0 Å². The maximum absolute atomic E-state index is 12.1. The lowest BCUT2D eigenvalue weighted by Crippen LogP contribution is -2.46. The van der Waals surface area contributed by atoms with Crippen molar-refractivity contribution in [2.75, 3.05) is 11.9 Å². The number of anilines is 1. The van der Waals surface area contributed by atoms with Crippen LogP contribution in [0.2, 0.25) is 0 Å². The minimum absolute atomic E-state index is 0.0218. The molecule has 0 heterocycles. The number of hydrogen-bond donors (Lipinski definition) is 3. The fourth-order valence-electron chi connectivity index (χ4n) is 2.88. The van der Waals surface area contributed by atoms with Crippen LogP contribution in [0, 0.1) is 22.5 Å². The number of benzene rings is 1. The van der Waals surface area contributed by atoms with Gasteiger partial charge >= 0.3 is 6.03 Å². The highest BCUT2D eigenvalue weighted by atomic mass is 16.6. The summed E-state index contributed by atoms with van der Waals surface area (Å²) in [6.45, 7) is 3.61. The van der Waals surface area contributed by atoms with E-state index in [4.69, 9.17) is 0 Å². The van der Waals surface area contributed by atoms with E-state index in [0.717, 1.165) is 19.3 Å². The van der Waals surface area contributed by atoms with Crippen LogP contribution in [0.25, 0.3) is 0 Å². The Morgan fingerprint density at radius 2 is 2.27 bits per heavy atom. The van der Waals surface area contributed by atoms with Gasteiger partial charge in [-0.2, -0.15) is 0 Å². The van der Waals surface area contributed by atoms with E-state index in [0.29, 0.717) is 11.3 Å². The van der Waals surface area contributed by atoms with Crippen LogP contribution < -0.4 is 10.6 Å². The number of nitro groups is 1. The van der Waals surface area contributed by atoms with Crippen LogP contribution in [-0.4, -0.2) is 28.7 Å². The maximum atomic E-state index is 12.1. The topological polar surface area (TPSA) is 104 Å². The summed E-state index contributed by atoms with van der Waals surface area (Å²) in [7, 11) is 0. The normalized spacial score (nSPS) is 24.0. The largest absolute Gasteiger partial charge is 0.396 e. The quantitative estimate of drug-likeness (QED) is 0.587. The van der Waals surface area contributed by atoms with E-state index >= 15 is 0 Å². The van der Waals surface area contributed by atoms with Crippen LogP contribution in [0.3, 0.4) is 0 Å². The average molecular weight is 307 g/mol. The molecule has 22 heavy (non-hydrogen) atoms. The molecule has 7 nitrogen and oxygen atoms in total.